The number of aliphatic hydroxyl groups is 1. The number of hydrogen-bond donors (Lipinski definition) is 1. The highest BCUT2D eigenvalue weighted by Crippen LogP contribution is 2.49. The predicted molar refractivity (Wildman–Crippen MR) is 60.8 cm³/mol. The minimum Gasteiger partial charge on any atom is -0.462 e. The van der Waals surface area contributed by atoms with E-state index in [4.69, 9.17) is 4.74 Å². The average molecular weight is 224 g/mol. The molecule has 1 aliphatic heterocycles. The molecule has 2 rings (SSSR count). The third-order valence-corrected chi connectivity index (χ3v) is 3.89. The molecule has 90 valence electrons. The molecule has 0 aromatic heterocycles. The van der Waals surface area contributed by atoms with Crippen molar-refractivity contribution in [3.63, 3.8) is 0 Å². The quantitative estimate of drug-likeness (QED) is 0.577. The maximum absolute atomic E-state index is 11.5. The van der Waals surface area contributed by atoms with Crippen molar-refractivity contribution in [2.24, 2.45) is 5.41 Å². The van der Waals surface area contributed by atoms with Crippen LogP contribution in [0.1, 0.15) is 46.0 Å². The van der Waals surface area contributed by atoms with Crippen LogP contribution in [0.15, 0.2) is 11.6 Å². The molecule has 0 bridgehead atoms. The zero-order valence-corrected chi connectivity index (χ0v) is 10.0. The molecule has 0 radical (unpaired) electrons. The fraction of sp³-hybridized carbons (Fsp3) is 0.769. The first-order chi connectivity index (χ1) is 7.54. The van der Waals surface area contributed by atoms with Gasteiger partial charge in [-0.05, 0) is 39.5 Å². The predicted octanol–water partition coefficient (Wildman–Crippen LogP) is 2.19. The lowest BCUT2D eigenvalue weighted by molar-refractivity contribution is -0.143. The molecule has 2 fully saturated rings. The first kappa shape index (κ1) is 11.6. The highest BCUT2D eigenvalue weighted by atomic mass is 16.6. The van der Waals surface area contributed by atoms with Gasteiger partial charge < -0.3 is 9.84 Å². The number of rotatable bonds is 2. The Bertz CT molecular complexity index is 317. The Morgan fingerprint density at radius 1 is 1.56 bits per heavy atom. The number of allylic oxidation sites excluding steroid dienone is 2. The normalized spacial score (nSPS) is 37.8. The smallest absolute Gasteiger partial charge is 0.306 e. The van der Waals surface area contributed by atoms with Crippen LogP contribution in [-0.4, -0.2) is 23.3 Å². The van der Waals surface area contributed by atoms with Crippen LogP contribution in [0.4, 0.5) is 0 Å². The van der Waals surface area contributed by atoms with E-state index < -0.39 is 6.10 Å². The van der Waals surface area contributed by atoms with Crippen LogP contribution in [0.5, 0.6) is 0 Å². The Morgan fingerprint density at radius 2 is 2.31 bits per heavy atom. The first-order valence-electron chi connectivity index (χ1n) is 6.05. The zero-order valence-electron chi connectivity index (χ0n) is 10.0. The molecule has 0 spiro atoms. The molecule has 0 aromatic carbocycles. The fourth-order valence-electron chi connectivity index (χ4n) is 2.90. The topological polar surface area (TPSA) is 46.5 Å². The molecule has 0 amide bonds. The summed E-state index contributed by atoms with van der Waals surface area (Å²) in [5.74, 6) is -0.145. The van der Waals surface area contributed by atoms with Crippen molar-refractivity contribution in [3.05, 3.63) is 11.6 Å². The molecule has 2 aliphatic rings. The second-order valence-electron chi connectivity index (χ2n) is 5.32. The van der Waals surface area contributed by atoms with E-state index in [-0.39, 0.29) is 17.5 Å². The first-order valence-corrected chi connectivity index (χ1v) is 6.05. The summed E-state index contributed by atoms with van der Waals surface area (Å²) in [5, 5.41) is 10.2. The molecule has 0 aromatic rings. The van der Waals surface area contributed by atoms with E-state index in [2.05, 4.69) is 6.08 Å². The second kappa shape index (κ2) is 4.21. The van der Waals surface area contributed by atoms with Crippen molar-refractivity contribution < 1.29 is 14.6 Å². The number of esters is 1. The molecule has 1 heterocycles. The van der Waals surface area contributed by atoms with Gasteiger partial charge in [0.15, 0.2) is 0 Å². The third kappa shape index (κ3) is 1.88. The molecule has 1 N–H and O–H groups in total. The molecule has 1 aliphatic carbocycles. The van der Waals surface area contributed by atoms with Gasteiger partial charge in [-0.25, -0.2) is 0 Å². The molecule has 16 heavy (non-hydrogen) atoms. The van der Waals surface area contributed by atoms with Crippen molar-refractivity contribution >= 4 is 5.97 Å². The summed E-state index contributed by atoms with van der Waals surface area (Å²) in [4.78, 5) is 11.5. The van der Waals surface area contributed by atoms with Gasteiger partial charge in [-0.3, -0.25) is 4.79 Å². The van der Waals surface area contributed by atoms with E-state index in [1.54, 1.807) is 0 Å². The van der Waals surface area contributed by atoms with Gasteiger partial charge in [0.1, 0.15) is 6.10 Å². The van der Waals surface area contributed by atoms with Crippen molar-refractivity contribution in [1.29, 1.82) is 0 Å². The number of carbonyl (C=O) groups is 1. The highest BCUT2D eigenvalue weighted by Gasteiger charge is 2.54. The summed E-state index contributed by atoms with van der Waals surface area (Å²) in [7, 11) is 0. The Hall–Kier alpha value is -0.830. The molecular weight excluding hydrogens is 204 g/mol. The van der Waals surface area contributed by atoms with Crippen LogP contribution in [0.2, 0.25) is 0 Å². The van der Waals surface area contributed by atoms with Gasteiger partial charge in [-0.15, -0.1) is 0 Å². The Kier molecular flexibility index (Phi) is 3.06. The summed E-state index contributed by atoms with van der Waals surface area (Å²) < 4.78 is 5.34. The lowest BCUT2D eigenvalue weighted by Crippen LogP contribution is -2.45. The van der Waals surface area contributed by atoms with Gasteiger partial charge in [0.05, 0.1) is 12.5 Å². The van der Waals surface area contributed by atoms with Crippen LogP contribution in [0.25, 0.3) is 0 Å². The van der Waals surface area contributed by atoms with E-state index in [1.807, 2.05) is 13.8 Å². The summed E-state index contributed by atoms with van der Waals surface area (Å²) in [6.07, 6.45) is 5.44. The van der Waals surface area contributed by atoms with E-state index in [1.165, 1.54) is 5.57 Å². The minimum absolute atomic E-state index is 0.0700. The molecule has 3 nitrogen and oxygen atoms in total. The fourth-order valence-corrected chi connectivity index (χ4v) is 2.90. The number of fused-ring (bicyclic) bond motifs is 1. The van der Waals surface area contributed by atoms with Gasteiger partial charge >= 0.3 is 5.97 Å². The Labute approximate surface area is 96.5 Å². The molecule has 1 saturated carbocycles. The molecule has 1 saturated heterocycles. The van der Waals surface area contributed by atoms with Crippen molar-refractivity contribution in [1.82, 2.24) is 0 Å². The van der Waals surface area contributed by atoms with Gasteiger partial charge in [-0.1, -0.05) is 11.6 Å². The largest absolute Gasteiger partial charge is 0.462 e. The van der Waals surface area contributed by atoms with Crippen LogP contribution in [0, 0.1) is 5.41 Å². The standard InChI is InChI=1S/C13H20O3/c1-9(2)6-7-13-8-12(15)16-11(13)5-3-4-10(13)14/h6,10-11,14H,3-5,7-8H2,1-2H3/t10-,11+,13+/m1/s1. The Balaban J connectivity index is 2.23. The van der Waals surface area contributed by atoms with E-state index >= 15 is 0 Å². The third-order valence-electron chi connectivity index (χ3n) is 3.89. The molecule has 3 atom stereocenters. The molecule has 3 heteroatoms. The summed E-state index contributed by atoms with van der Waals surface area (Å²) >= 11 is 0. The number of aliphatic hydroxyl groups excluding tert-OH is 1. The monoisotopic (exact) mass is 224 g/mol. The van der Waals surface area contributed by atoms with E-state index in [9.17, 15) is 9.90 Å². The maximum Gasteiger partial charge on any atom is 0.306 e. The number of ether oxygens (including phenoxy) is 1. The SMILES string of the molecule is CC(C)=CC[C@@]12CC(=O)O[C@H]1CCC[C@H]2O. The molecule has 0 unspecified atom stereocenters. The average Bonchev–Trinajstić information content (AvgIpc) is 2.54. The van der Waals surface area contributed by atoms with Crippen LogP contribution in [-0.2, 0) is 9.53 Å². The van der Waals surface area contributed by atoms with Crippen LogP contribution >= 0.6 is 0 Å². The van der Waals surface area contributed by atoms with Crippen LogP contribution in [0.3, 0.4) is 0 Å². The van der Waals surface area contributed by atoms with Crippen molar-refractivity contribution in [3.8, 4) is 0 Å². The Morgan fingerprint density at radius 3 is 3.00 bits per heavy atom. The van der Waals surface area contributed by atoms with Gasteiger partial charge in [0.25, 0.3) is 0 Å². The van der Waals surface area contributed by atoms with Gasteiger partial charge in [-0.2, -0.15) is 0 Å². The number of hydrogen-bond acceptors (Lipinski definition) is 3. The van der Waals surface area contributed by atoms with Gasteiger partial charge in [0, 0.05) is 5.41 Å². The van der Waals surface area contributed by atoms with Crippen molar-refractivity contribution in [2.75, 3.05) is 0 Å². The summed E-state index contributed by atoms with van der Waals surface area (Å²) in [5.41, 5.74) is 0.886. The summed E-state index contributed by atoms with van der Waals surface area (Å²) in [6.45, 7) is 4.08. The zero-order chi connectivity index (χ0) is 11.8. The molecular formula is C13H20O3. The lowest BCUT2D eigenvalue weighted by atomic mass is 9.67. The lowest BCUT2D eigenvalue weighted by Gasteiger charge is -2.40. The van der Waals surface area contributed by atoms with Gasteiger partial charge in [0.2, 0.25) is 0 Å². The van der Waals surface area contributed by atoms with E-state index in [0.717, 1.165) is 25.7 Å². The minimum atomic E-state index is -0.395. The number of carbonyl (C=O) groups excluding carboxylic acids is 1. The van der Waals surface area contributed by atoms with E-state index in [0.29, 0.717) is 6.42 Å². The highest BCUT2D eigenvalue weighted by molar-refractivity contribution is 5.73. The summed E-state index contributed by atoms with van der Waals surface area (Å²) in [6, 6.07) is 0. The second-order valence-corrected chi connectivity index (χ2v) is 5.32. The maximum atomic E-state index is 11.5. The van der Waals surface area contributed by atoms with Crippen LogP contribution < -0.4 is 0 Å². The van der Waals surface area contributed by atoms with Crippen molar-refractivity contribution in [2.45, 2.75) is 58.2 Å².